The first-order valence-corrected chi connectivity index (χ1v) is 11.3. The Morgan fingerprint density at radius 1 is 0.750 bits per heavy atom. The average molecular weight is 435 g/mol. The zero-order chi connectivity index (χ0) is 23.7. The first-order chi connectivity index (χ1) is 15.3. The third-order valence-corrected chi connectivity index (χ3v) is 5.14. The lowest BCUT2D eigenvalue weighted by atomic mass is 9.89. The summed E-state index contributed by atoms with van der Waals surface area (Å²) < 4.78 is 10.9. The summed E-state index contributed by atoms with van der Waals surface area (Å²) in [6, 6.07) is 11.5. The SMILES string of the molecule is C=C(C)C(=O)Oc1ccc(-c2c(CCCC)cc(OC(=O)C(=C)C)cc2CCCC)cc1. The lowest BCUT2D eigenvalue weighted by Crippen LogP contribution is -2.09. The maximum absolute atomic E-state index is 12.1. The van der Waals surface area contributed by atoms with Crippen molar-refractivity contribution in [2.45, 2.75) is 66.2 Å². The fourth-order valence-electron chi connectivity index (χ4n) is 3.37. The zero-order valence-electron chi connectivity index (χ0n) is 19.8. The summed E-state index contributed by atoms with van der Waals surface area (Å²) in [6.07, 6.45) is 5.97. The summed E-state index contributed by atoms with van der Waals surface area (Å²) in [5.74, 6) is 0.197. The molecular weight excluding hydrogens is 400 g/mol. The van der Waals surface area contributed by atoms with E-state index in [0.717, 1.165) is 55.2 Å². The van der Waals surface area contributed by atoms with Gasteiger partial charge in [-0.2, -0.15) is 0 Å². The fraction of sp³-hybridized carbons (Fsp3) is 0.357. The second-order valence-electron chi connectivity index (χ2n) is 8.19. The summed E-state index contributed by atoms with van der Waals surface area (Å²) in [6.45, 7) is 14.9. The number of hydrogen-bond acceptors (Lipinski definition) is 4. The highest BCUT2D eigenvalue weighted by Crippen LogP contribution is 2.35. The van der Waals surface area contributed by atoms with E-state index in [2.05, 4.69) is 27.0 Å². The van der Waals surface area contributed by atoms with Crippen LogP contribution in [0.3, 0.4) is 0 Å². The molecule has 2 rings (SSSR count). The third kappa shape index (κ3) is 6.94. The van der Waals surface area contributed by atoms with Gasteiger partial charge >= 0.3 is 11.9 Å². The summed E-state index contributed by atoms with van der Waals surface area (Å²) in [5, 5.41) is 0. The van der Waals surface area contributed by atoms with Gasteiger partial charge in [0.1, 0.15) is 11.5 Å². The highest BCUT2D eigenvalue weighted by Gasteiger charge is 2.16. The molecule has 170 valence electrons. The number of benzene rings is 2. The molecule has 0 aliphatic rings. The Kier molecular flexibility index (Phi) is 9.45. The van der Waals surface area contributed by atoms with Crippen LogP contribution in [0.4, 0.5) is 0 Å². The van der Waals surface area contributed by atoms with Crippen LogP contribution in [0.1, 0.15) is 64.5 Å². The fourth-order valence-corrected chi connectivity index (χ4v) is 3.37. The molecule has 0 saturated heterocycles. The molecule has 0 saturated carbocycles. The molecule has 0 heterocycles. The van der Waals surface area contributed by atoms with E-state index in [1.165, 1.54) is 5.56 Å². The van der Waals surface area contributed by atoms with Gasteiger partial charge in [0, 0.05) is 11.1 Å². The van der Waals surface area contributed by atoms with Crippen molar-refractivity contribution >= 4 is 11.9 Å². The topological polar surface area (TPSA) is 52.6 Å². The van der Waals surface area contributed by atoms with Crippen molar-refractivity contribution in [1.29, 1.82) is 0 Å². The largest absolute Gasteiger partial charge is 0.423 e. The Morgan fingerprint density at radius 2 is 1.19 bits per heavy atom. The summed E-state index contributed by atoms with van der Waals surface area (Å²) in [4.78, 5) is 23.9. The molecule has 0 bridgehead atoms. The Labute approximate surface area is 191 Å². The van der Waals surface area contributed by atoms with E-state index in [-0.39, 0.29) is 0 Å². The average Bonchev–Trinajstić information content (AvgIpc) is 2.76. The smallest absolute Gasteiger partial charge is 0.338 e. The summed E-state index contributed by atoms with van der Waals surface area (Å²) in [5.41, 5.74) is 5.25. The molecule has 0 unspecified atom stereocenters. The van der Waals surface area contributed by atoms with E-state index in [1.54, 1.807) is 26.0 Å². The monoisotopic (exact) mass is 434 g/mol. The predicted molar refractivity (Wildman–Crippen MR) is 130 cm³/mol. The number of aryl methyl sites for hydroxylation is 2. The van der Waals surface area contributed by atoms with E-state index in [9.17, 15) is 9.59 Å². The minimum absolute atomic E-state index is 0.359. The molecule has 0 aliphatic carbocycles. The molecule has 0 atom stereocenters. The van der Waals surface area contributed by atoms with Crippen LogP contribution >= 0.6 is 0 Å². The van der Waals surface area contributed by atoms with E-state index >= 15 is 0 Å². The van der Waals surface area contributed by atoms with Gasteiger partial charge in [-0.15, -0.1) is 0 Å². The molecule has 0 aliphatic heterocycles. The molecule has 0 radical (unpaired) electrons. The van der Waals surface area contributed by atoms with Gasteiger partial charge in [0.25, 0.3) is 0 Å². The van der Waals surface area contributed by atoms with Gasteiger partial charge in [0.15, 0.2) is 0 Å². The molecule has 0 aromatic heterocycles. The maximum atomic E-state index is 12.1. The number of rotatable bonds is 11. The molecule has 0 fully saturated rings. The molecule has 4 heteroatoms. The highest BCUT2D eigenvalue weighted by atomic mass is 16.5. The van der Waals surface area contributed by atoms with Crippen molar-refractivity contribution in [2.75, 3.05) is 0 Å². The van der Waals surface area contributed by atoms with Gasteiger partial charge in [0.05, 0.1) is 0 Å². The van der Waals surface area contributed by atoms with Gasteiger partial charge in [-0.3, -0.25) is 0 Å². The minimum atomic E-state index is -0.436. The summed E-state index contributed by atoms with van der Waals surface area (Å²) >= 11 is 0. The van der Waals surface area contributed by atoms with E-state index in [4.69, 9.17) is 9.47 Å². The van der Waals surface area contributed by atoms with Crippen LogP contribution in [0.2, 0.25) is 0 Å². The number of esters is 2. The van der Waals surface area contributed by atoms with Crippen molar-refractivity contribution in [3.05, 3.63) is 71.8 Å². The highest BCUT2D eigenvalue weighted by molar-refractivity contribution is 5.89. The van der Waals surface area contributed by atoms with Gasteiger partial charge in [-0.05, 0) is 86.1 Å². The Morgan fingerprint density at radius 3 is 1.59 bits per heavy atom. The standard InChI is InChI=1S/C28H34O4/c1-7-9-11-22-17-25(32-28(30)20(5)6)18-23(12-10-8-2)26(22)21-13-15-24(16-14-21)31-27(29)19(3)4/h13-18H,3,5,7-12H2,1-2,4,6H3. The molecular formula is C28H34O4. The van der Waals surface area contributed by atoms with Crippen molar-refractivity contribution < 1.29 is 19.1 Å². The number of ether oxygens (including phenoxy) is 2. The zero-order valence-corrected chi connectivity index (χ0v) is 19.8. The lowest BCUT2D eigenvalue weighted by molar-refractivity contribution is -0.130. The summed E-state index contributed by atoms with van der Waals surface area (Å²) in [7, 11) is 0. The molecule has 0 spiro atoms. The Bertz CT molecular complexity index is 954. The van der Waals surface area contributed by atoms with E-state index in [0.29, 0.717) is 22.6 Å². The first kappa shape index (κ1) is 25.1. The van der Waals surface area contributed by atoms with Crippen LogP contribution < -0.4 is 9.47 Å². The number of hydrogen-bond donors (Lipinski definition) is 0. The second kappa shape index (κ2) is 12.0. The molecule has 2 aromatic rings. The van der Waals surface area contributed by atoms with Gasteiger partial charge in [-0.1, -0.05) is 52.0 Å². The van der Waals surface area contributed by atoms with Gasteiger partial charge in [0.2, 0.25) is 0 Å². The number of carbonyl (C=O) groups is 2. The first-order valence-electron chi connectivity index (χ1n) is 11.3. The van der Waals surface area contributed by atoms with Crippen LogP contribution in [0.5, 0.6) is 11.5 Å². The van der Waals surface area contributed by atoms with Crippen LogP contribution in [0.15, 0.2) is 60.7 Å². The normalized spacial score (nSPS) is 10.5. The third-order valence-electron chi connectivity index (χ3n) is 5.14. The maximum Gasteiger partial charge on any atom is 0.338 e. The quantitative estimate of drug-likeness (QED) is 0.217. The van der Waals surface area contributed by atoms with Crippen molar-refractivity contribution in [3.8, 4) is 22.6 Å². The van der Waals surface area contributed by atoms with Crippen molar-refractivity contribution in [3.63, 3.8) is 0 Å². The molecule has 2 aromatic carbocycles. The predicted octanol–water partition coefficient (Wildman–Crippen LogP) is 7.00. The van der Waals surface area contributed by atoms with Gasteiger partial charge < -0.3 is 9.47 Å². The molecule has 32 heavy (non-hydrogen) atoms. The van der Waals surface area contributed by atoms with E-state index in [1.807, 2.05) is 24.3 Å². The number of carbonyl (C=O) groups excluding carboxylic acids is 2. The lowest BCUT2D eigenvalue weighted by Gasteiger charge is -2.18. The van der Waals surface area contributed by atoms with Crippen molar-refractivity contribution in [1.82, 2.24) is 0 Å². The van der Waals surface area contributed by atoms with Crippen LogP contribution in [0, 0.1) is 0 Å². The molecule has 0 amide bonds. The van der Waals surface area contributed by atoms with Crippen LogP contribution in [0.25, 0.3) is 11.1 Å². The van der Waals surface area contributed by atoms with Gasteiger partial charge in [-0.25, -0.2) is 9.59 Å². The second-order valence-corrected chi connectivity index (χ2v) is 8.19. The van der Waals surface area contributed by atoms with Crippen molar-refractivity contribution in [2.24, 2.45) is 0 Å². The number of unbranched alkanes of at least 4 members (excludes halogenated alkanes) is 2. The Hall–Kier alpha value is -3.14. The molecule has 4 nitrogen and oxygen atoms in total. The van der Waals surface area contributed by atoms with Crippen LogP contribution in [-0.4, -0.2) is 11.9 Å². The minimum Gasteiger partial charge on any atom is -0.423 e. The van der Waals surface area contributed by atoms with E-state index < -0.39 is 11.9 Å². The van der Waals surface area contributed by atoms with Crippen LogP contribution in [-0.2, 0) is 22.4 Å². The molecule has 0 N–H and O–H groups in total. The Balaban J connectivity index is 2.51.